The summed E-state index contributed by atoms with van der Waals surface area (Å²) in [5, 5.41) is 143. The summed E-state index contributed by atoms with van der Waals surface area (Å²) in [6.45, 7) is -0.370. The van der Waals surface area contributed by atoms with E-state index in [4.69, 9.17) is 14.9 Å². The Kier molecular flexibility index (Phi) is 36.8. The summed E-state index contributed by atoms with van der Waals surface area (Å²) in [6.07, 6.45) is 4.84. The monoisotopic (exact) mass is 935 g/mol. The van der Waals surface area contributed by atoms with Crippen LogP contribution in [-0.2, 0) is 9.78 Å². The van der Waals surface area contributed by atoms with Crippen LogP contribution >= 0.6 is 0 Å². The maximum absolute atomic E-state index is 11.1. The fourth-order valence-corrected chi connectivity index (χ4v) is 8.37. The van der Waals surface area contributed by atoms with Crippen molar-refractivity contribution >= 4 is 0 Å². The van der Waals surface area contributed by atoms with Crippen molar-refractivity contribution < 1.29 is 90.2 Å². The zero-order chi connectivity index (χ0) is 48.6. The number of rotatable bonds is 45. The van der Waals surface area contributed by atoms with E-state index >= 15 is 0 Å². The van der Waals surface area contributed by atoms with Gasteiger partial charge in [-0.05, 0) is 19.3 Å². The van der Waals surface area contributed by atoms with Gasteiger partial charge in [0, 0.05) is 6.61 Å². The zero-order valence-electron chi connectivity index (χ0n) is 40.1. The summed E-state index contributed by atoms with van der Waals surface area (Å²) in [7, 11) is 4.99. The highest BCUT2D eigenvalue weighted by Crippen LogP contribution is 2.20. The standard InChI is InChI=1S/C46H98N2O16/c1-5-6-7-8-9-10-11-12-13-14-15-16-17-18-19-20-21-22-23-24-26-48(4,30-38(54)43(59)45(61)40(56)33-51)31-39(55)44(60)46(62)41(57)34-63-64-35(32-50)28-47(2,3)29-37(53)42(58)36(52)25-27-49/h35-46,49-62H,5-34H2,1-4H3/q+2. The number of hydrogen-bond donors (Lipinski definition) is 14. The molecule has 0 aromatic heterocycles. The largest absolute Gasteiger partial charge is 0.396 e. The first kappa shape index (κ1) is 63.3. The summed E-state index contributed by atoms with van der Waals surface area (Å²) >= 11 is 0. The van der Waals surface area contributed by atoms with E-state index in [2.05, 4.69) is 6.92 Å². The Balaban J connectivity index is 4.99. The quantitative estimate of drug-likeness (QED) is 0.0165. The summed E-state index contributed by atoms with van der Waals surface area (Å²) in [5.74, 6) is 0. The lowest BCUT2D eigenvalue weighted by Gasteiger charge is -2.40. The van der Waals surface area contributed by atoms with E-state index in [0.717, 1.165) is 25.7 Å². The molecule has 18 nitrogen and oxygen atoms in total. The Morgan fingerprint density at radius 1 is 0.391 bits per heavy atom. The minimum atomic E-state index is -1.94. The molecule has 0 rings (SSSR count). The van der Waals surface area contributed by atoms with Gasteiger partial charge >= 0.3 is 0 Å². The molecular formula is C46H98N2O16+2. The third-order valence-electron chi connectivity index (χ3n) is 12.5. The van der Waals surface area contributed by atoms with Gasteiger partial charge in [-0.2, -0.15) is 0 Å². The molecule has 0 heterocycles. The zero-order valence-corrected chi connectivity index (χ0v) is 40.1. The van der Waals surface area contributed by atoms with Crippen molar-refractivity contribution in [2.45, 2.75) is 215 Å². The van der Waals surface area contributed by atoms with Crippen LogP contribution in [0.3, 0.4) is 0 Å². The fourth-order valence-electron chi connectivity index (χ4n) is 8.37. The number of aliphatic hydroxyl groups is 14. The summed E-state index contributed by atoms with van der Waals surface area (Å²) in [5.41, 5.74) is 0. The van der Waals surface area contributed by atoms with Gasteiger partial charge in [0.05, 0.1) is 47.0 Å². The van der Waals surface area contributed by atoms with Crippen LogP contribution in [0.5, 0.6) is 0 Å². The topological polar surface area (TPSA) is 302 Å². The predicted molar refractivity (Wildman–Crippen MR) is 243 cm³/mol. The Labute approximate surface area is 384 Å². The van der Waals surface area contributed by atoms with Crippen LogP contribution < -0.4 is 0 Å². The van der Waals surface area contributed by atoms with E-state index in [9.17, 15) is 66.4 Å². The van der Waals surface area contributed by atoms with Gasteiger partial charge in [-0.15, -0.1) is 0 Å². The lowest BCUT2D eigenvalue weighted by molar-refractivity contribution is -0.916. The van der Waals surface area contributed by atoms with Crippen molar-refractivity contribution in [2.75, 3.05) is 80.3 Å². The van der Waals surface area contributed by atoms with Gasteiger partial charge in [0.1, 0.15) is 93.8 Å². The van der Waals surface area contributed by atoms with E-state index in [-0.39, 0.29) is 48.2 Å². The van der Waals surface area contributed by atoms with Crippen LogP contribution in [0, 0.1) is 0 Å². The van der Waals surface area contributed by atoms with Gasteiger partial charge in [0.2, 0.25) is 0 Å². The van der Waals surface area contributed by atoms with Gasteiger partial charge < -0.3 is 80.5 Å². The van der Waals surface area contributed by atoms with Gasteiger partial charge in [-0.3, -0.25) is 0 Å². The molecular weight excluding hydrogens is 837 g/mol. The molecule has 0 saturated carbocycles. The second kappa shape index (κ2) is 37.2. The van der Waals surface area contributed by atoms with Gasteiger partial charge in [-0.25, -0.2) is 9.78 Å². The van der Waals surface area contributed by atoms with E-state index in [0.29, 0.717) is 13.0 Å². The maximum atomic E-state index is 11.1. The Hall–Kier alpha value is -0.720. The number of nitrogens with zero attached hydrogens (tertiary/aromatic N) is 2. The first-order valence-electron chi connectivity index (χ1n) is 24.5. The molecule has 0 saturated heterocycles. The van der Waals surface area contributed by atoms with E-state index in [1.54, 1.807) is 21.1 Å². The van der Waals surface area contributed by atoms with Crippen molar-refractivity contribution in [2.24, 2.45) is 0 Å². The molecule has 13 atom stereocenters. The van der Waals surface area contributed by atoms with Crippen molar-refractivity contribution in [3.8, 4) is 0 Å². The SMILES string of the molecule is CCCCCCCCCCCCCCCCCCCCCC[N+](C)(CC(O)C(O)C(O)C(O)CO)CC(O)C(O)C(O)C(O)COOC(CO)C[N+](C)(C)CC(O)C(O)C(O)CCO. The molecule has 0 radical (unpaired) electrons. The van der Waals surface area contributed by atoms with Crippen molar-refractivity contribution in [3.63, 3.8) is 0 Å². The fraction of sp³-hybridized carbons (Fsp3) is 1.00. The van der Waals surface area contributed by atoms with Crippen LogP contribution in [0.25, 0.3) is 0 Å². The first-order chi connectivity index (χ1) is 30.3. The van der Waals surface area contributed by atoms with Crippen molar-refractivity contribution in [1.82, 2.24) is 0 Å². The number of likely N-dealkylation sites (N-methyl/N-ethyl adjacent to an activating group) is 2. The van der Waals surface area contributed by atoms with Crippen LogP contribution in [0.15, 0.2) is 0 Å². The molecule has 386 valence electrons. The molecule has 64 heavy (non-hydrogen) atoms. The molecule has 0 aliphatic heterocycles. The van der Waals surface area contributed by atoms with Crippen molar-refractivity contribution in [1.29, 1.82) is 0 Å². The van der Waals surface area contributed by atoms with Crippen LogP contribution in [-0.4, -0.2) is 234 Å². The summed E-state index contributed by atoms with van der Waals surface area (Å²) < 4.78 is -0.143. The number of hydrogen-bond acceptors (Lipinski definition) is 16. The molecule has 18 heteroatoms. The van der Waals surface area contributed by atoms with Crippen molar-refractivity contribution in [3.05, 3.63) is 0 Å². The molecule has 0 spiro atoms. The van der Waals surface area contributed by atoms with Gasteiger partial charge in [0.25, 0.3) is 0 Å². The third kappa shape index (κ3) is 29.2. The Morgan fingerprint density at radius 3 is 1.16 bits per heavy atom. The minimum Gasteiger partial charge on any atom is -0.396 e. The third-order valence-corrected chi connectivity index (χ3v) is 12.5. The lowest BCUT2D eigenvalue weighted by Crippen LogP contribution is -2.60. The second-order valence-corrected chi connectivity index (χ2v) is 19.5. The average Bonchev–Trinajstić information content (AvgIpc) is 3.25. The Morgan fingerprint density at radius 2 is 0.766 bits per heavy atom. The van der Waals surface area contributed by atoms with Gasteiger partial charge in [-0.1, -0.05) is 122 Å². The molecule has 0 aliphatic carbocycles. The highest BCUT2D eigenvalue weighted by atomic mass is 17.2. The highest BCUT2D eigenvalue weighted by Gasteiger charge is 2.40. The molecule has 14 N–H and O–H groups in total. The smallest absolute Gasteiger partial charge is 0.164 e. The number of unbranched alkanes of at least 4 members (excludes halogenated alkanes) is 19. The summed E-state index contributed by atoms with van der Waals surface area (Å²) in [4.78, 5) is 10.3. The molecule has 0 bridgehead atoms. The van der Waals surface area contributed by atoms with E-state index in [1.807, 2.05) is 0 Å². The highest BCUT2D eigenvalue weighted by molar-refractivity contribution is 4.83. The van der Waals surface area contributed by atoms with Crippen LogP contribution in [0.1, 0.15) is 142 Å². The van der Waals surface area contributed by atoms with E-state index in [1.165, 1.54) is 96.3 Å². The maximum Gasteiger partial charge on any atom is 0.164 e. The average molecular weight is 935 g/mol. The normalized spacial score (nSPS) is 19.2. The molecule has 0 aromatic carbocycles. The predicted octanol–water partition coefficient (Wildman–Crippen LogP) is -0.0150. The molecule has 0 aliphatic rings. The molecule has 0 amide bonds. The van der Waals surface area contributed by atoms with E-state index < -0.39 is 93.1 Å². The molecule has 13 unspecified atom stereocenters. The number of aliphatic hydroxyl groups excluding tert-OH is 14. The first-order valence-corrected chi connectivity index (χ1v) is 24.5. The van der Waals surface area contributed by atoms with Crippen LogP contribution in [0.4, 0.5) is 0 Å². The Bertz CT molecular complexity index is 1070. The lowest BCUT2D eigenvalue weighted by atomic mass is 9.99. The summed E-state index contributed by atoms with van der Waals surface area (Å²) in [6, 6.07) is 0. The number of quaternary nitrogens is 2. The second-order valence-electron chi connectivity index (χ2n) is 19.5. The molecule has 0 aromatic rings. The minimum absolute atomic E-state index is 0.0158. The van der Waals surface area contributed by atoms with Crippen LogP contribution in [0.2, 0.25) is 0 Å². The van der Waals surface area contributed by atoms with Gasteiger partial charge in [0.15, 0.2) is 6.10 Å². The molecule has 0 fully saturated rings.